The van der Waals surface area contributed by atoms with Crippen molar-refractivity contribution in [1.82, 2.24) is 9.80 Å². The van der Waals surface area contributed by atoms with Gasteiger partial charge in [0, 0.05) is 37.2 Å². The number of benzene rings is 2. The van der Waals surface area contributed by atoms with Crippen LogP contribution >= 0.6 is 0 Å². The highest BCUT2D eigenvalue weighted by Crippen LogP contribution is 2.47. The second kappa shape index (κ2) is 6.20. The first kappa shape index (κ1) is 16.5. The zero-order valence-corrected chi connectivity index (χ0v) is 15.2. The molecule has 3 aliphatic rings. The summed E-state index contributed by atoms with van der Waals surface area (Å²) < 4.78 is 0. The fraction of sp³-hybridized carbons (Fsp3) is 0.364. The van der Waals surface area contributed by atoms with E-state index in [0.717, 1.165) is 31.5 Å². The van der Waals surface area contributed by atoms with Crippen LogP contribution in [0.4, 0.5) is 0 Å². The molecule has 27 heavy (non-hydrogen) atoms. The van der Waals surface area contributed by atoms with Crippen molar-refractivity contribution < 1.29 is 9.59 Å². The molecule has 0 aromatic heterocycles. The van der Waals surface area contributed by atoms with E-state index in [2.05, 4.69) is 29.2 Å². The van der Waals surface area contributed by atoms with Gasteiger partial charge >= 0.3 is 0 Å². The average molecular weight is 361 g/mol. The molecule has 138 valence electrons. The highest BCUT2D eigenvalue weighted by atomic mass is 16.2. The Morgan fingerprint density at radius 2 is 1.89 bits per heavy atom. The molecule has 3 atom stereocenters. The number of nitrogens with two attached hydrogens (primary N) is 1. The van der Waals surface area contributed by atoms with Crippen molar-refractivity contribution >= 4 is 11.8 Å². The molecule has 2 aromatic carbocycles. The normalized spacial score (nSPS) is 26.6. The molecular weight excluding hydrogens is 338 g/mol. The van der Waals surface area contributed by atoms with Crippen LogP contribution in [0.2, 0.25) is 0 Å². The quantitative estimate of drug-likeness (QED) is 0.911. The highest BCUT2D eigenvalue weighted by Gasteiger charge is 2.52. The first-order valence-corrected chi connectivity index (χ1v) is 9.63. The van der Waals surface area contributed by atoms with E-state index in [-0.39, 0.29) is 11.9 Å². The summed E-state index contributed by atoms with van der Waals surface area (Å²) in [5.41, 5.74) is 9.69. The minimum absolute atomic E-state index is 0.0215. The average Bonchev–Trinajstić information content (AvgIpc) is 3.19. The summed E-state index contributed by atoms with van der Waals surface area (Å²) in [5.74, 6) is 0.226. The van der Waals surface area contributed by atoms with Gasteiger partial charge in [-0.2, -0.15) is 0 Å². The van der Waals surface area contributed by atoms with Crippen LogP contribution in [-0.2, 0) is 17.8 Å². The molecule has 3 heterocycles. The number of fused-ring (bicyclic) bond motifs is 5. The molecule has 3 aliphatic heterocycles. The number of carbonyl (C=O) groups excluding carboxylic acids is 2. The van der Waals surface area contributed by atoms with E-state index < -0.39 is 5.91 Å². The molecule has 0 unspecified atom stereocenters. The van der Waals surface area contributed by atoms with Crippen molar-refractivity contribution in [3.05, 3.63) is 70.8 Å². The summed E-state index contributed by atoms with van der Waals surface area (Å²) >= 11 is 0. The molecule has 5 rings (SSSR count). The van der Waals surface area contributed by atoms with Crippen molar-refractivity contribution in [2.75, 3.05) is 13.1 Å². The number of amides is 2. The Morgan fingerprint density at radius 1 is 1.11 bits per heavy atom. The van der Waals surface area contributed by atoms with E-state index in [1.165, 1.54) is 11.1 Å². The lowest BCUT2D eigenvalue weighted by atomic mass is 9.91. The Bertz CT molecular complexity index is 908. The number of rotatable bonds is 3. The van der Waals surface area contributed by atoms with E-state index in [9.17, 15) is 9.59 Å². The lowest BCUT2D eigenvalue weighted by molar-refractivity contribution is -0.133. The van der Waals surface area contributed by atoms with Gasteiger partial charge in [-0.05, 0) is 41.7 Å². The summed E-state index contributed by atoms with van der Waals surface area (Å²) in [7, 11) is 0. The van der Waals surface area contributed by atoms with Crippen molar-refractivity contribution in [3.8, 4) is 0 Å². The third kappa shape index (κ3) is 2.65. The van der Waals surface area contributed by atoms with Gasteiger partial charge in [-0.15, -0.1) is 0 Å². The Balaban J connectivity index is 1.33. The molecule has 5 nitrogen and oxygen atoms in total. The molecule has 0 bridgehead atoms. The predicted octanol–water partition coefficient (Wildman–Crippen LogP) is 2.12. The Labute approximate surface area is 158 Å². The number of primary amides is 1. The van der Waals surface area contributed by atoms with Crippen LogP contribution in [0.15, 0.2) is 48.5 Å². The summed E-state index contributed by atoms with van der Waals surface area (Å²) in [5, 5.41) is 0. The van der Waals surface area contributed by atoms with Gasteiger partial charge in [0.05, 0.1) is 6.04 Å². The number of hydrogen-bond donors (Lipinski definition) is 1. The van der Waals surface area contributed by atoms with Crippen LogP contribution in [0.1, 0.15) is 39.5 Å². The molecule has 0 saturated carbocycles. The van der Waals surface area contributed by atoms with E-state index in [4.69, 9.17) is 5.73 Å². The van der Waals surface area contributed by atoms with Crippen molar-refractivity contribution in [3.63, 3.8) is 0 Å². The number of carbonyl (C=O) groups is 2. The maximum absolute atomic E-state index is 13.1. The van der Waals surface area contributed by atoms with Gasteiger partial charge in [0.25, 0.3) is 0 Å². The van der Waals surface area contributed by atoms with Crippen LogP contribution in [0.25, 0.3) is 0 Å². The second-order valence-electron chi connectivity index (χ2n) is 7.92. The summed E-state index contributed by atoms with van der Waals surface area (Å²) in [6.45, 7) is 2.38. The molecule has 2 aromatic rings. The zero-order valence-electron chi connectivity index (χ0n) is 15.2. The Kier molecular flexibility index (Phi) is 3.79. The van der Waals surface area contributed by atoms with E-state index in [1.807, 2.05) is 17.0 Å². The van der Waals surface area contributed by atoms with Crippen molar-refractivity contribution in [2.24, 2.45) is 11.7 Å². The van der Waals surface area contributed by atoms with Crippen LogP contribution in [0.3, 0.4) is 0 Å². The maximum Gasteiger partial charge on any atom is 0.248 e. The first-order chi connectivity index (χ1) is 13.1. The van der Waals surface area contributed by atoms with Crippen molar-refractivity contribution in [2.45, 2.75) is 31.5 Å². The van der Waals surface area contributed by atoms with Crippen LogP contribution in [-0.4, -0.2) is 40.7 Å². The van der Waals surface area contributed by atoms with Gasteiger partial charge in [-0.3, -0.25) is 14.5 Å². The molecule has 2 N–H and O–H groups in total. The van der Waals surface area contributed by atoms with Crippen LogP contribution in [0.5, 0.6) is 0 Å². The fourth-order valence-corrected chi connectivity index (χ4v) is 5.17. The third-order valence-corrected chi connectivity index (χ3v) is 6.42. The van der Waals surface area contributed by atoms with Crippen LogP contribution in [0, 0.1) is 5.92 Å². The van der Waals surface area contributed by atoms with Crippen LogP contribution < -0.4 is 5.73 Å². The fourth-order valence-electron chi connectivity index (χ4n) is 5.17. The van der Waals surface area contributed by atoms with Crippen molar-refractivity contribution in [1.29, 1.82) is 0 Å². The molecule has 2 amide bonds. The maximum atomic E-state index is 13.1. The van der Waals surface area contributed by atoms with Gasteiger partial charge in [0.2, 0.25) is 11.8 Å². The lowest BCUT2D eigenvalue weighted by Crippen LogP contribution is -2.43. The minimum atomic E-state index is -0.426. The molecule has 0 aliphatic carbocycles. The summed E-state index contributed by atoms with van der Waals surface area (Å²) in [6.07, 6.45) is 2.09. The molecule has 5 heteroatoms. The topological polar surface area (TPSA) is 66.6 Å². The van der Waals surface area contributed by atoms with E-state index in [1.54, 1.807) is 12.1 Å². The Hall–Kier alpha value is -2.66. The zero-order chi connectivity index (χ0) is 18.5. The molecule has 0 spiro atoms. The SMILES string of the molecule is NC(=O)c1ccc(CN2C[C@@H]3C[C@H]4c5ccccc5CCN4[C@@H]3C2=O)cc1. The molecule has 2 saturated heterocycles. The predicted molar refractivity (Wildman–Crippen MR) is 102 cm³/mol. The van der Waals surface area contributed by atoms with E-state index >= 15 is 0 Å². The number of hydrogen-bond acceptors (Lipinski definition) is 3. The standard InChI is InChI=1S/C22H23N3O2/c23-21(26)16-7-5-14(6-8-16)12-24-13-17-11-19-18-4-2-1-3-15(18)9-10-25(19)20(17)22(24)27/h1-8,17,19-20H,9-13H2,(H2,23,26)/t17-,19-,20-/m0/s1. The second-order valence-corrected chi connectivity index (χ2v) is 7.92. The van der Waals surface area contributed by atoms with Gasteiger partial charge in [0.1, 0.15) is 0 Å². The number of nitrogens with zero attached hydrogens (tertiary/aromatic N) is 2. The monoisotopic (exact) mass is 361 g/mol. The highest BCUT2D eigenvalue weighted by molar-refractivity contribution is 5.92. The van der Waals surface area contributed by atoms with Gasteiger partial charge < -0.3 is 10.6 Å². The smallest absolute Gasteiger partial charge is 0.248 e. The minimum Gasteiger partial charge on any atom is -0.366 e. The first-order valence-electron chi connectivity index (χ1n) is 9.63. The van der Waals surface area contributed by atoms with Gasteiger partial charge in [-0.25, -0.2) is 0 Å². The largest absolute Gasteiger partial charge is 0.366 e. The molecular formula is C22H23N3O2. The third-order valence-electron chi connectivity index (χ3n) is 6.42. The molecule has 2 fully saturated rings. The molecule has 0 radical (unpaired) electrons. The number of likely N-dealkylation sites (tertiary alicyclic amines) is 1. The lowest BCUT2D eigenvalue weighted by Gasteiger charge is -2.35. The van der Waals surface area contributed by atoms with Gasteiger partial charge in [0.15, 0.2) is 0 Å². The van der Waals surface area contributed by atoms with E-state index in [0.29, 0.717) is 24.1 Å². The van der Waals surface area contributed by atoms with Gasteiger partial charge in [-0.1, -0.05) is 36.4 Å². The summed E-state index contributed by atoms with van der Waals surface area (Å²) in [6, 6.07) is 16.3. The Morgan fingerprint density at radius 3 is 2.67 bits per heavy atom. The summed E-state index contributed by atoms with van der Waals surface area (Å²) in [4.78, 5) is 28.8.